The quantitative estimate of drug-likeness (QED) is 0.451. The molecule has 144 valence electrons. The Morgan fingerprint density at radius 2 is 1.81 bits per heavy atom. The number of rotatable bonds is 9. The fourth-order valence-electron chi connectivity index (χ4n) is 2.58. The minimum Gasteiger partial charge on any atom is -0.490 e. The summed E-state index contributed by atoms with van der Waals surface area (Å²) in [6, 6.07) is 18.0. The zero-order valence-corrected chi connectivity index (χ0v) is 17.5. The Morgan fingerprint density at radius 3 is 2.56 bits per heavy atom. The molecule has 0 aliphatic carbocycles. The summed E-state index contributed by atoms with van der Waals surface area (Å²) in [5.74, 6) is 1.55. The van der Waals surface area contributed by atoms with Crippen LogP contribution >= 0.6 is 35.3 Å². The molecule has 0 atom stereocenters. The normalized spacial score (nSPS) is 10.3. The molecule has 0 spiro atoms. The number of ether oxygens (including phenoxy) is 2. The average molecular weight is 424 g/mol. The van der Waals surface area contributed by atoms with Crippen LogP contribution in [0.4, 0.5) is 0 Å². The van der Waals surface area contributed by atoms with Gasteiger partial charge in [0, 0.05) is 23.0 Å². The number of hydrogen-bond donors (Lipinski definition) is 1. The van der Waals surface area contributed by atoms with Crippen molar-refractivity contribution in [1.29, 1.82) is 0 Å². The van der Waals surface area contributed by atoms with Crippen LogP contribution in [0.3, 0.4) is 0 Å². The van der Waals surface area contributed by atoms with Crippen molar-refractivity contribution in [2.45, 2.75) is 26.6 Å². The van der Waals surface area contributed by atoms with Gasteiger partial charge >= 0.3 is 0 Å². The lowest BCUT2D eigenvalue weighted by molar-refractivity contribution is 0.271. The highest BCUT2D eigenvalue weighted by Gasteiger charge is 2.08. The second kappa shape index (κ2) is 11.2. The van der Waals surface area contributed by atoms with Crippen LogP contribution in [0.2, 0.25) is 5.02 Å². The van der Waals surface area contributed by atoms with E-state index in [4.69, 9.17) is 21.1 Å². The van der Waals surface area contributed by atoms with Crippen molar-refractivity contribution < 1.29 is 9.47 Å². The van der Waals surface area contributed by atoms with Crippen LogP contribution in [0, 0.1) is 0 Å². The van der Waals surface area contributed by atoms with Gasteiger partial charge in [-0.15, -0.1) is 23.7 Å². The third-order valence-electron chi connectivity index (χ3n) is 3.86. The molecular weight excluding hydrogens is 401 g/mol. The molecule has 3 aromatic rings. The van der Waals surface area contributed by atoms with Crippen LogP contribution in [0.5, 0.6) is 11.5 Å². The Hall–Kier alpha value is -1.72. The van der Waals surface area contributed by atoms with Crippen molar-refractivity contribution in [2.75, 3.05) is 6.61 Å². The molecule has 1 aromatic heterocycles. The second-order valence-corrected chi connectivity index (χ2v) is 7.22. The van der Waals surface area contributed by atoms with Gasteiger partial charge < -0.3 is 14.8 Å². The SMILES string of the molecule is CCOc1cc(CNCc2ccccc2Cl)ccc1OCc1cccs1.Cl. The topological polar surface area (TPSA) is 30.5 Å². The minimum absolute atomic E-state index is 0. The first-order chi connectivity index (χ1) is 12.8. The molecule has 27 heavy (non-hydrogen) atoms. The summed E-state index contributed by atoms with van der Waals surface area (Å²) in [6.07, 6.45) is 0. The summed E-state index contributed by atoms with van der Waals surface area (Å²) < 4.78 is 11.7. The molecule has 1 heterocycles. The zero-order chi connectivity index (χ0) is 18.2. The molecule has 3 nitrogen and oxygen atoms in total. The summed E-state index contributed by atoms with van der Waals surface area (Å²) >= 11 is 7.88. The molecule has 0 fully saturated rings. The Balaban J connectivity index is 0.00000261. The lowest BCUT2D eigenvalue weighted by Crippen LogP contribution is -2.13. The number of nitrogens with one attached hydrogen (secondary N) is 1. The number of halogens is 2. The molecule has 0 unspecified atom stereocenters. The monoisotopic (exact) mass is 423 g/mol. The van der Waals surface area contributed by atoms with Crippen LogP contribution < -0.4 is 14.8 Å². The van der Waals surface area contributed by atoms with Crippen LogP contribution in [0.25, 0.3) is 0 Å². The Labute approximate surface area is 175 Å². The first-order valence-corrected chi connectivity index (χ1v) is 9.87. The predicted molar refractivity (Wildman–Crippen MR) is 116 cm³/mol. The van der Waals surface area contributed by atoms with Crippen molar-refractivity contribution in [1.82, 2.24) is 5.32 Å². The number of benzene rings is 2. The van der Waals surface area contributed by atoms with E-state index in [0.29, 0.717) is 13.2 Å². The highest BCUT2D eigenvalue weighted by atomic mass is 35.5. The molecular formula is C21H23Cl2NO2S. The third kappa shape index (κ3) is 6.43. The summed E-state index contributed by atoms with van der Waals surface area (Å²) in [5, 5.41) is 6.26. The lowest BCUT2D eigenvalue weighted by atomic mass is 10.2. The predicted octanol–water partition coefficient (Wildman–Crippen LogP) is 6.09. The Bertz CT molecular complexity index is 825. The van der Waals surface area contributed by atoms with Crippen LogP contribution in [-0.4, -0.2) is 6.61 Å². The fraction of sp³-hybridized carbons (Fsp3) is 0.238. The first-order valence-electron chi connectivity index (χ1n) is 8.61. The highest BCUT2D eigenvalue weighted by Crippen LogP contribution is 2.29. The standard InChI is InChI=1S/C21H22ClNO2S.ClH/c1-2-24-21-12-16(13-23-14-17-6-3-4-8-19(17)22)9-10-20(21)25-15-18-7-5-11-26-18;/h3-12,23H,2,13-15H2,1H3;1H. The van der Waals surface area contributed by atoms with E-state index in [0.717, 1.165) is 40.7 Å². The van der Waals surface area contributed by atoms with Gasteiger partial charge in [-0.1, -0.05) is 41.9 Å². The van der Waals surface area contributed by atoms with Crippen LogP contribution in [0.15, 0.2) is 60.0 Å². The van der Waals surface area contributed by atoms with E-state index in [2.05, 4.69) is 22.8 Å². The molecule has 0 amide bonds. The van der Waals surface area contributed by atoms with E-state index in [1.807, 2.05) is 49.4 Å². The van der Waals surface area contributed by atoms with Gasteiger partial charge in [-0.05, 0) is 47.7 Å². The summed E-state index contributed by atoms with van der Waals surface area (Å²) in [4.78, 5) is 1.19. The van der Waals surface area contributed by atoms with Gasteiger partial charge in [0.2, 0.25) is 0 Å². The molecule has 3 rings (SSSR count). The summed E-state index contributed by atoms with van der Waals surface area (Å²) in [6.45, 7) is 4.59. The number of hydrogen-bond acceptors (Lipinski definition) is 4. The fourth-order valence-corrected chi connectivity index (χ4v) is 3.40. The van der Waals surface area contributed by atoms with Crippen molar-refractivity contribution in [2.24, 2.45) is 0 Å². The smallest absolute Gasteiger partial charge is 0.161 e. The lowest BCUT2D eigenvalue weighted by Gasteiger charge is -2.13. The molecule has 6 heteroatoms. The maximum Gasteiger partial charge on any atom is 0.161 e. The Kier molecular flexibility index (Phi) is 8.95. The zero-order valence-electron chi connectivity index (χ0n) is 15.1. The third-order valence-corrected chi connectivity index (χ3v) is 5.08. The molecule has 0 saturated carbocycles. The molecule has 1 N–H and O–H groups in total. The maximum absolute atomic E-state index is 6.19. The van der Waals surface area contributed by atoms with Crippen molar-refractivity contribution in [3.8, 4) is 11.5 Å². The first kappa shape index (κ1) is 21.6. The molecule has 0 saturated heterocycles. The van der Waals surface area contributed by atoms with Gasteiger partial charge in [0.1, 0.15) is 6.61 Å². The van der Waals surface area contributed by atoms with Gasteiger partial charge in [0.25, 0.3) is 0 Å². The molecule has 0 radical (unpaired) electrons. The van der Waals surface area contributed by atoms with Gasteiger partial charge in [-0.2, -0.15) is 0 Å². The Morgan fingerprint density at radius 1 is 0.963 bits per heavy atom. The number of thiophene rings is 1. The second-order valence-electron chi connectivity index (χ2n) is 5.78. The molecule has 0 aliphatic heterocycles. The summed E-state index contributed by atoms with van der Waals surface area (Å²) in [5.41, 5.74) is 2.24. The van der Waals surface area contributed by atoms with Crippen molar-refractivity contribution in [3.05, 3.63) is 81.0 Å². The minimum atomic E-state index is 0. The highest BCUT2D eigenvalue weighted by molar-refractivity contribution is 7.09. The van der Waals surface area contributed by atoms with Crippen LogP contribution in [-0.2, 0) is 19.7 Å². The van der Waals surface area contributed by atoms with Gasteiger partial charge in [-0.3, -0.25) is 0 Å². The van der Waals surface area contributed by atoms with Gasteiger partial charge in [0.05, 0.1) is 6.61 Å². The summed E-state index contributed by atoms with van der Waals surface area (Å²) in [7, 11) is 0. The average Bonchev–Trinajstić information content (AvgIpc) is 3.16. The van der Waals surface area contributed by atoms with Gasteiger partial charge in [0.15, 0.2) is 11.5 Å². The van der Waals surface area contributed by atoms with E-state index in [9.17, 15) is 0 Å². The van der Waals surface area contributed by atoms with E-state index in [1.165, 1.54) is 4.88 Å². The van der Waals surface area contributed by atoms with E-state index >= 15 is 0 Å². The van der Waals surface area contributed by atoms with E-state index in [-0.39, 0.29) is 12.4 Å². The van der Waals surface area contributed by atoms with E-state index < -0.39 is 0 Å². The van der Waals surface area contributed by atoms with Crippen molar-refractivity contribution >= 4 is 35.3 Å². The van der Waals surface area contributed by atoms with Crippen molar-refractivity contribution in [3.63, 3.8) is 0 Å². The molecule has 0 bridgehead atoms. The van der Waals surface area contributed by atoms with Gasteiger partial charge in [-0.25, -0.2) is 0 Å². The molecule has 0 aliphatic rings. The largest absolute Gasteiger partial charge is 0.490 e. The molecule has 2 aromatic carbocycles. The maximum atomic E-state index is 6.19. The van der Waals surface area contributed by atoms with Crippen LogP contribution in [0.1, 0.15) is 22.9 Å². The van der Waals surface area contributed by atoms with E-state index in [1.54, 1.807) is 11.3 Å².